The molecule has 4 rings (SSSR count). The van der Waals surface area contributed by atoms with E-state index >= 15 is 0 Å². The van der Waals surface area contributed by atoms with Gasteiger partial charge in [0.05, 0.1) is 7.11 Å². The van der Waals surface area contributed by atoms with E-state index in [1.165, 1.54) is 7.11 Å². The highest BCUT2D eigenvalue weighted by Crippen LogP contribution is 2.28. The number of hydrogen-bond acceptors (Lipinski definition) is 6. The summed E-state index contributed by atoms with van der Waals surface area (Å²) in [7, 11) is 1.29. The largest absolute Gasteiger partial charge is 0.519 e. The van der Waals surface area contributed by atoms with Crippen molar-refractivity contribution in [1.82, 2.24) is 0 Å². The Morgan fingerprint density at radius 3 is 1.74 bits per heavy atom. The molecule has 6 nitrogen and oxygen atoms in total. The van der Waals surface area contributed by atoms with Crippen LogP contribution in [0.15, 0.2) is 97.1 Å². The van der Waals surface area contributed by atoms with Crippen LogP contribution in [0.3, 0.4) is 0 Å². The van der Waals surface area contributed by atoms with E-state index in [0.717, 1.165) is 5.39 Å². The van der Waals surface area contributed by atoms with Gasteiger partial charge < -0.3 is 19.3 Å². The topological polar surface area (TPSA) is 82.1 Å². The first-order valence-electron chi connectivity index (χ1n) is 9.37. The van der Waals surface area contributed by atoms with Crippen LogP contribution in [0.4, 0.5) is 4.79 Å². The van der Waals surface area contributed by atoms with E-state index in [1.54, 1.807) is 66.7 Å². The Kier molecular flexibility index (Phi) is 7.21. The van der Waals surface area contributed by atoms with E-state index in [2.05, 4.69) is 4.74 Å². The summed E-state index contributed by atoms with van der Waals surface area (Å²) in [4.78, 5) is 22.6. The van der Waals surface area contributed by atoms with Crippen molar-refractivity contribution in [1.29, 1.82) is 0 Å². The second-order valence-electron chi connectivity index (χ2n) is 6.25. The molecule has 4 aromatic carbocycles. The number of aromatic hydroxyl groups is 1. The highest BCUT2D eigenvalue weighted by atomic mass is 16.7. The maximum Gasteiger partial charge on any atom is 0.519 e. The van der Waals surface area contributed by atoms with Gasteiger partial charge in [-0.1, -0.05) is 66.7 Å². The number of benzene rings is 4. The molecule has 0 heterocycles. The third-order valence-corrected chi connectivity index (χ3v) is 4.19. The number of carbonyl (C=O) groups excluding carboxylic acids is 2. The molecule has 31 heavy (non-hydrogen) atoms. The van der Waals surface area contributed by atoms with Gasteiger partial charge in [0.25, 0.3) is 0 Å². The van der Waals surface area contributed by atoms with E-state index in [-0.39, 0.29) is 11.3 Å². The summed E-state index contributed by atoms with van der Waals surface area (Å²) in [6.45, 7) is 0. The number of fused-ring (bicyclic) bond motifs is 1. The quantitative estimate of drug-likeness (QED) is 0.346. The molecule has 0 aliphatic carbocycles. The molecule has 4 aromatic rings. The number of rotatable bonds is 3. The lowest BCUT2D eigenvalue weighted by molar-refractivity contribution is 0.0597. The fourth-order valence-corrected chi connectivity index (χ4v) is 2.72. The predicted octanol–water partition coefficient (Wildman–Crippen LogP) is 5.60. The van der Waals surface area contributed by atoms with Gasteiger partial charge >= 0.3 is 12.1 Å². The lowest BCUT2D eigenvalue weighted by atomic mass is 10.1. The van der Waals surface area contributed by atoms with Gasteiger partial charge in [-0.05, 0) is 35.7 Å². The molecule has 0 saturated carbocycles. The van der Waals surface area contributed by atoms with Gasteiger partial charge in [-0.3, -0.25) is 0 Å². The number of phenols is 1. The van der Waals surface area contributed by atoms with Gasteiger partial charge in [0.2, 0.25) is 0 Å². The van der Waals surface area contributed by atoms with Gasteiger partial charge in [-0.15, -0.1) is 0 Å². The average Bonchev–Trinajstić information content (AvgIpc) is 2.81. The van der Waals surface area contributed by atoms with Crippen LogP contribution in [0.1, 0.15) is 10.4 Å². The first kappa shape index (κ1) is 21.4. The third kappa shape index (κ3) is 5.83. The van der Waals surface area contributed by atoms with Crippen LogP contribution in [-0.4, -0.2) is 24.3 Å². The normalized spacial score (nSPS) is 9.84. The second-order valence-corrected chi connectivity index (χ2v) is 6.25. The lowest BCUT2D eigenvalue weighted by Gasteiger charge is -2.05. The Labute approximate surface area is 179 Å². The fourth-order valence-electron chi connectivity index (χ4n) is 2.72. The van der Waals surface area contributed by atoms with E-state index < -0.39 is 12.1 Å². The minimum Gasteiger partial charge on any atom is -0.506 e. The van der Waals surface area contributed by atoms with Crippen molar-refractivity contribution in [2.45, 2.75) is 0 Å². The zero-order valence-corrected chi connectivity index (χ0v) is 16.7. The highest BCUT2D eigenvalue weighted by Gasteiger charge is 2.13. The predicted molar refractivity (Wildman–Crippen MR) is 116 cm³/mol. The lowest BCUT2D eigenvalue weighted by Crippen LogP contribution is -2.13. The second kappa shape index (κ2) is 10.5. The standard InChI is InChI=1S/C13H10O3.C12H10O3/c14-13(15-11-7-3-1-4-8-11)16-12-9-5-2-6-10-12;1-15-12(14)10-7-6-8-4-2-3-5-9(8)11(10)13/h1-10H;2-7,13H,1H3. The molecule has 0 saturated heterocycles. The Morgan fingerprint density at radius 2 is 1.19 bits per heavy atom. The number of para-hydroxylation sites is 2. The molecule has 0 bridgehead atoms. The zero-order valence-electron chi connectivity index (χ0n) is 16.7. The average molecular weight is 416 g/mol. The van der Waals surface area contributed by atoms with Gasteiger partial charge in [-0.25, -0.2) is 9.59 Å². The number of ether oxygens (including phenoxy) is 3. The van der Waals surface area contributed by atoms with Crippen molar-refractivity contribution in [3.8, 4) is 17.2 Å². The fraction of sp³-hybridized carbons (Fsp3) is 0.0400. The van der Waals surface area contributed by atoms with Gasteiger partial charge in [0, 0.05) is 5.39 Å². The van der Waals surface area contributed by atoms with Crippen molar-refractivity contribution in [2.75, 3.05) is 7.11 Å². The molecule has 0 aliphatic heterocycles. The molecule has 6 heteroatoms. The first-order valence-corrected chi connectivity index (χ1v) is 9.37. The van der Waals surface area contributed by atoms with E-state index in [1.807, 2.05) is 30.3 Å². The van der Waals surface area contributed by atoms with E-state index in [0.29, 0.717) is 16.9 Å². The third-order valence-electron chi connectivity index (χ3n) is 4.19. The summed E-state index contributed by atoms with van der Waals surface area (Å²) in [5.74, 6) is 0.366. The number of methoxy groups -OCH3 is 1. The van der Waals surface area contributed by atoms with Crippen LogP contribution in [0, 0.1) is 0 Å². The molecule has 0 amide bonds. The van der Waals surface area contributed by atoms with Crippen LogP contribution in [-0.2, 0) is 4.74 Å². The summed E-state index contributed by atoms with van der Waals surface area (Å²) in [6, 6.07) is 28.2. The maximum absolute atomic E-state index is 11.3. The molecule has 0 aliphatic rings. The van der Waals surface area contributed by atoms with Gasteiger partial charge in [0.15, 0.2) is 0 Å². The Morgan fingerprint density at radius 1 is 0.677 bits per heavy atom. The van der Waals surface area contributed by atoms with Crippen LogP contribution >= 0.6 is 0 Å². The molecule has 0 spiro atoms. The molecule has 0 unspecified atom stereocenters. The highest BCUT2D eigenvalue weighted by molar-refractivity contribution is 6.00. The number of esters is 1. The van der Waals surface area contributed by atoms with Crippen molar-refractivity contribution in [2.24, 2.45) is 0 Å². The number of phenolic OH excluding ortho intramolecular Hbond substituents is 1. The Hall–Kier alpha value is -4.32. The summed E-state index contributed by atoms with van der Waals surface area (Å²) < 4.78 is 14.5. The Bertz CT molecular complexity index is 1110. The number of hydrogen-bond donors (Lipinski definition) is 1. The Balaban J connectivity index is 0.000000176. The van der Waals surface area contributed by atoms with Crippen molar-refractivity contribution in [3.05, 3.63) is 103 Å². The maximum atomic E-state index is 11.3. The molecule has 0 atom stereocenters. The van der Waals surface area contributed by atoms with Crippen molar-refractivity contribution >= 4 is 22.9 Å². The van der Waals surface area contributed by atoms with Crippen molar-refractivity contribution < 1.29 is 28.9 Å². The molecule has 1 N–H and O–H groups in total. The van der Waals surface area contributed by atoms with Gasteiger partial charge in [0.1, 0.15) is 22.8 Å². The number of carbonyl (C=O) groups is 2. The molecule has 0 fully saturated rings. The summed E-state index contributed by atoms with van der Waals surface area (Å²) in [6.07, 6.45) is -0.739. The molecule has 0 aromatic heterocycles. The van der Waals surface area contributed by atoms with Gasteiger partial charge in [-0.2, -0.15) is 0 Å². The van der Waals surface area contributed by atoms with Crippen LogP contribution < -0.4 is 9.47 Å². The van der Waals surface area contributed by atoms with E-state index in [9.17, 15) is 14.7 Å². The van der Waals surface area contributed by atoms with Crippen LogP contribution in [0.2, 0.25) is 0 Å². The van der Waals surface area contributed by atoms with Crippen LogP contribution in [0.25, 0.3) is 10.8 Å². The van der Waals surface area contributed by atoms with E-state index in [4.69, 9.17) is 9.47 Å². The molecule has 0 radical (unpaired) electrons. The summed E-state index contributed by atoms with van der Waals surface area (Å²) in [5.41, 5.74) is 0.191. The first-order chi connectivity index (χ1) is 15.1. The SMILES string of the molecule is COC(=O)c1ccc2ccccc2c1O.O=C(Oc1ccccc1)Oc1ccccc1. The minimum absolute atomic E-state index is 0.0278. The summed E-state index contributed by atoms with van der Waals surface area (Å²) >= 11 is 0. The monoisotopic (exact) mass is 416 g/mol. The zero-order chi connectivity index (χ0) is 22.1. The van der Waals surface area contributed by atoms with Crippen molar-refractivity contribution in [3.63, 3.8) is 0 Å². The minimum atomic E-state index is -0.739. The summed E-state index contributed by atoms with van der Waals surface area (Å²) in [5, 5.41) is 11.4. The molecule has 156 valence electrons. The molecular formula is C25H20O6. The van der Waals surface area contributed by atoms with Crippen LogP contribution in [0.5, 0.6) is 17.2 Å². The smallest absolute Gasteiger partial charge is 0.506 e. The molecular weight excluding hydrogens is 396 g/mol.